The highest BCUT2D eigenvalue weighted by Crippen LogP contribution is 2.20. The Morgan fingerprint density at radius 1 is 1.23 bits per heavy atom. The van der Waals surface area contributed by atoms with Gasteiger partial charge in [0, 0.05) is 12.6 Å². The lowest BCUT2D eigenvalue weighted by molar-refractivity contribution is -0.428. The highest BCUT2D eigenvalue weighted by molar-refractivity contribution is 5.82. The fourth-order valence-electron chi connectivity index (χ4n) is 3.31. The molecule has 0 bridgehead atoms. The molecular formula is C19H25N4O3+. The van der Waals surface area contributed by atoms with Gasteiger partial charge in [0.05, 0.1) is 5.69 Å². The zero-order valence-electron chi connectivity index (χ0n) is 15.2. The first kappa shape index (κ1) is 18.1. The van der Waals surface area contributed by atoms with E-state index in [2.05, 4.69) is 15.7 Å². The van der Waals surface area contributed by atoms with Gasteiger partial charge in [0.1, 0.15) is 17.6 Å². The SMILES string of the molecule is Cc1ccc(-n2c(O)c(C=N[C@H]3CCCC[C@@H]3[NH3+])c(=O)[nH]c2=O)cc1C. The summed E-state index contributed by atoms with van der Waals surface area (Å²) in [6.07, 6.45) is 5.52. The first-order chi connectivity index (χ1) is 12.4. The predicted octanol–water partition coefficient (Wildman–Crippen LogP) is 0.820. The van der Waals surface area contributed by atoms with Crippen molar-refractivity contribution < 1.29 is 10.8 Å². The van der Waals surface area contributed by atoms with Crippen molar-refractivity contribution in [3.05, 3.63) is 55.7 Å². The predicted molar refractivity (Wildman–Crippen MR) is 100 cm³/mol. The lowest BCUT2D eigenvalue weighted by Crippen LogP contribution is -2.66. The van der Waals surface area contributed by atoms with Gasteiger partial charge < -0.3 is 10.8 Å². The highest BCUT2D eigenvalue weighted by atomic mass is 16.3. The fraction of sp³-hybridized carbons (Fsp3) is 0.421. The normalized spacial score (nSPS) is 20.6. The van der Waals surface area contributed by atoms with Gasteiger partial charge in [-0.3, -0.25) is 14.8 Å². The number of aromatic hydroxyl groups is 1. The number of aromatic amines is 1. The summed E-state index contributed by atoms with van der Waals surface area (Å²) < 4.78 is 1.09. The molecule has 1 heterocycles. The van der Waals surface area contributed by atoms with Gasteiger partial charge in [0.2, 0.25) is 5.88 Å². The van der Waals surface area contributed by atoms with E-state index in [1.807, 2.05) is 19.9 Å². The zero-order valence-corrected chi connectivity index (χ0v) is 15.2. The van der Waals surface area contributed by atoms with E-state index in [4.69, 9.17) is 0 Å². The molecule has 138 valence electrons. The number of nitrogens with one attached hydrogen (secondary N) is 1. The summed E-state index contributed by atoms with van der Waals surface area (Å²) in [6.45, 7) is 3.89. The summed E-state index contributed by atoms with van der Waals surface area (Å²) in [5, 5.41) is 10.6. The second-order valence-electron chi connectivity index (χ2n) is 6.99. The van der Waals surface area contributed by atoms with Crippen LogP contribution in [0.2, 0.25) is 0 Å². The van der Waals surface area contributed by atoms with Crippen molar-refractivity contribution in [3.8, 4) is 11.6 Å². The number of hydrogen-bond donors (Lipinski definition) is 3. The Morgan fingerprint density at radius 2 is 1.96 bits per heavy atom. The molecule has 0 radical (unpaired) electrons. The van der Waals surface area contributed by atoms with Gasteiger partial charge in [-0.1, -0.05) is 12.5 Å². The van der Waals surface area contributed by atoms with Crippen molar-refractivity contribution >= 4 is 6.21 Å². The zero-order chi connectivity index (χ0) is 18.8. The van der Waals surface area contributed by atoms with Crippen LogP contribution in [0.4, 0.5) is 0 Å². The molecule has 0 spiro atoms. The van der Waals surface area contributed by atoms with E-state index in [1.165, 1.54) is 6.21 Å². The lowest BCUT2D eigenvalue weighted by atomic mass is 9.91. The van der Waals surface area contributed by atoms with Crippen LogP contribution in [0, 0.1) is 13.8 Å². The second kappa shape index (κ2) is 7.29. The van der Waals surface area contributed by atoms with Gasteiger partial charge in [0.25, 0.3) is 5.56 Å². The number of nitrogens with zero attached hydrogens (tertiary/aromatic N) is 2. The molecule has 1 aliphatic rings. The van der Waals surface area contributed by atoms with Gasteiger partial charge >= 0.3 is 5.69 Å². The summed E-state index contributed by atoms with van der Waals surface area (Å²) >= 11 is 0. The van der Waals surface area contributed by atoms with Gasteiger partial charge in [-0.25, -0.2) is 9.36 Å². The number of H-pyrrole nitrogens is 1. The van der Waals surface area contributed by atoms with Crippen LogP contribution in [0.1, 0.15) is 42.4 Å². The molecule has 0 amide bonds. The average molecular weight is 357 g/mol. The largest absolute Gasteiger partial charge is 0.493 e. The molecule has 2 aromatic rings. The Labute approximate surface area is 151 Å². The van der Waals surface area contributed by atoms with Gasteiger partial charge in [-0.05, 0) is 49.9 Å². The molecule has 3 rings (SSSR count). The number of quaternary nitrogens is 1. The number of aromatic nitrogens is 2. The van der Waals surface area contributed by atoms with E-state index in [1.54, 1.807) is 12.1 Å². The van der Waals surface area contributed by atoms with Crippen LogP contribution in [0.15, 0.2) is 32.8 Å². The molecule has 1 aliphatic carbocycles. The summed E-state index contributed by atoms with van der Waals surface area (Å²) in [4.78, 5) is 31.2. The molecule has 7 heteroatoms. The van der Waals surface area contributed by atoms with Crippen LogP contribution in [0.25, 0.3) is 5.69 Å². The minimum absolute atomic E-state index is 0.0133. The standard InChI is InChI=1S/C19H24N4O3/c1-11-7-8-13(9-12(11)2)23-18(25)14(17(24)22-19(23)26)10-21-16-6-4-3-5-15(16)20/h7-10,15-16,25H,3-6,20H2,1-2H3,(H,22,24,26)/p+1/t15-,16-/m0/s1. The third-order valence-corrected chi connectivity index (χ3v) is 5.13. The molecule has 0 aliphatic heterocycles. The quantitative estimate of drug-likeness (QED) is 0.706. The van der Waals surface area contributed by atoms with Crippen LogP contribution in [0.3, 0.4) is 0 Å². The molecule has 0 unspecified atom stereocenters. The Hall–Kier alpha value is -2.67. The molecule has 0 saturated heterocycles. The van der Waals surface area contributed by atoms with Crippen molar-refractivity contribution in [2.45, 2.75) is 51.6 Å². The Kier molecular flexibility index (Phi) is 5.08. The van der Waals surface area contributed by atoms with E-state index in [9.17, 15) is 14.7 Å². The third-order valence-electron chi connectivity index (χ3n) is 5.13. The van der Waals surface area contributed by atoms with Crippen LogP contribution in [-0.4, -0.2) is 33.0 Å². The van der Waals surface area contributed by atoms with Crippen molar-refractivity contribution in [3.63, 3.8) is 0 Å². The monoisotopic (exact) mass is 357 g/mol. The molecule has 7 nitrogen and oxygen atoms in total. The van der Waals surface area contributed by atoms with Crippen LogP contribution in [-0.2, 0) is 0 Å². The molecule has 26 heavy (non-hydrogen) atoms. The summed E-state index contributed by atoms with van der Waals surface area (Å²) in [5.74, 6) is -0.401. The number of aliphatic imine (C=N–C) groups is 1. The molecular weight excluding hydrogens is 332 g/mol. The van der Waals surface area contributed by atoms with Gasteiger partial charge in [-0.2, -0.15) is 0 Å². The van der Waals surface area contributed by atoms with Crippen molar-refractivity contribution in [1.82, 2.24) is 9.55 Å². The Bertz CT molecular complexity index is 958. The topological polar surface area (TPSA) is 115 Å². The summed E-state index contributed by atoms with van der Waals surface area (Å²) in [6, 6.07) is 5.63. The maximum atomic E-state index is 12.3. The van der Waals surface area contributed by atoms with Crippen molar-refractivity contribution in [2.75, 3.05) is 0 Å². The van der Waals surface area contributed by atoms with E-state index >= 15 is 0 Å². The smallest absolute Gasteiger partial charge is 0.335 e. The molecule has 1 aromatic heterocycles. The van der Waals surface area contributed by atoms with Crippen LogP contribution < -0.4 is 17.0 Å². The van der Waals surface area contributed by atoms with E-state index in [0.29, 0.717) is 5.69 Å². The highest BCUT2D eigenvalue weighted by Gasteiger charge is 2.24. The lowest BCUT2D eigenvalue weighted by Gasteiger charge is -2.22. The maximum Gasteiger partial charge on any atom is 0.335 e. The van der Waals surface area contributed by atoms with E-state index < -0.39 is 17.1 Å². The average Bonchev–Trinajstić information content (AvgIpc) is 2.59. The molecule has 1 aromatic carbocycles. The molecule has 1 fully saturated rings. The minimum atomic E-state index is -0.680. The van der Waals surface area contributed by atoms with Gasteiger partial charge in [-0.15, -0.1) is 0 Å². The maximum absolute atomic E-state index is 12.3. The van der Waals surface area contributed by atoms with Crippen molar-refractivity contribution in [1.29, 1.82) is 0 Å². The van der Waals surface area contributed by atoms with Gasteiger partial charge in [0.15, 0.2) is 0 Å². The first-order valence-corrected chi connectivity index (χ1v) is 8.90. The van der Waals surface area contributed by atoms with Crippen LogP contribution in [0.5, 0.6) is 5.88 Å². The first-order valence-electron chi connectivity index (χ1n) is 8.90. The second-order valence-corrected chi connectivity index (χ2v) is 6.99. The number of aryl methyl sites for hydroxylation is 2. The Morgan fingerprint density at radius 3 is 2.65 bits per heavy atom. The summed E-state index contributed by atoms with van der Waals surface area (Å²) in [5.41, 5.74) is 5.33. The number of hydrogen-bond acceptors (Lipinski definition) is 4. The Balaban J connectivity index is 2.05. The number of rotatable bonds is 3. The molecule has 5 N–H and O–H groups in total. The third kappa shape index (κ3) is 3.48. The van der Waals surface area contributed by atoms with Crippen molar-refractivity contribution in [2.24, 2.45) is 4.99 Å². The van der Waals surface area contributed by atoms with E-state index in [0.717, 1.165) is 41.4 Å². The summed E-state index contributed by atoms with van der Waals surface area (Å²) in [7, 11) is 0. The van der Waals surface area contributed by atoms with Crippen LogP contribution >= 0.6 is 0 Å². The van der Waals surface area contributed by atoms with E-state index in [-0.39, 0.29) is 17.6 Å². The fourth-order valence-corrected chi connectivity index (χ4v) is 3.31. The molecule has 1 saturated carbocycles. The number of benzene rings is 1. The minimum Gasteiger partial charge on any atom is -0.493 e. The molecule has 2 atom stereocenters.